The molecule has 1 saturated heterocycles. The monoisotopic (exact) mass is 561 g/mol. The van der Waals surface area contributed by atoms with Crippen LogP contribution >= 0.6 is 11.6 Å². The molecule has 3 aromatic heterocycles. The Bertz CT molecular complexity index is 1530. The minimum Gasteiger partial charge on any atom is -0.340 e. The van der Waals surface area contributed by atoms with Crippen molar-refractivity contribution < 1.29 is 22.8 Å². The minimum atomic E-state index is -4.62. The maximum Gasteiger partial charge on any atom is 0.433 e. The average molecular weight is 562 g/mol. The van der Waals surface area contributed by atoms with Gasteiger partial charge in [-0.1, -0.05) is 11.6 Å². The van der Waals surface area contributed by atoms with Crippen LogP contribution in [0.15, 0.2) is 43.0 Å². The molecule has 1 aliphatic heterocycles. The molecule has 5 rings (SSSR count). The fourth-order valence-corrected chi connectivity index (χ4v) is 4.58. The number of aromatic nitrogens is 5. The summed E-state index contributed by atoms with van der Waals surface area (Å²) in [6.45, 7) is 4.17. The van der Waals surface area contributed by atoms with Crippen LogP contribution < -0.4 is 16.0 Å². The summed E-state index contributed by atoms with van der Waals surface area (Å²) in [5, 5.41) is 14.6. The van der Waals surface area contributed by atoms with Gasteiger partial charge in [0.05, 0.1) is 34.2 Å². The van der Waals surface area contributed by atoms with E-state index in [1.165, 1.54) is 35.1 Å². The maximum atomic E-state index is 13.4. The number of alkyl halides is 3. The molecule has 204 valence electrons. The van der Waals surface area contributed by atoms with E-state index < -0.39 is 23.8 Å². The number of anilines is 2. The molecule has 11 nitrogen and oxygen atoms in total. The summed E-state index contributed by atoms with van der Waals surface area (Å²) in [4.78, 5) is 35.6. The zero-order chi connectivity index (χ0) is 27.7. The molecule has 1 unspecified atom stereocenters. The van der Waals surface area contributed by atoms with Gasteiger partial charge in [-0.15, -0.1) is 0 Å². The van der Waals surface area contributed by atoms with E-state index in [4.69, 9.17) is 11.6 Å². The first-order valence-electron chi connectivity index (χ1n) is 11.9. The van der Waals surface area contributed by atoms with Crippen molar-refractivity contribution >= 4 is 40.6 Å². The predicted molar refractivity (Wildman–Crippen MR) is 137 cm³/mol. The largest absolute Gasteiger partial charge is 0.433 e. The molecular weight excluding hydrogens is 539 g/mol. The number of H-pyrrole nitrogens is 1. The van der Waals surface area contributed by atoms with Crippen LogP contribution in [-0.4, -0.2) is 73.5 Å². The van der Waals surface area contributed by atoms with E-state index in [9.17, 15) is 22.8 Å². The van der Waals surface area contributed by atoms with Gasteiger partial charge in [-0.2, -0.15) is 18.3 Å². The Kier molecular flexibility index (Phi) is 7.14. The molecule has 1 atom stereocenters. The number of nitrogens with one attached hydrogen (secondary N) is 4. The van der Waals surface area contributed by atoms with Gasteiger partial charge in [0, 0.05) is 44.3 Å². The highest BCUT2D eigenvalue weighted by Gasteiger charge is 2.36. The van der Waals surface area contributed by atoms with Crippen molar-refractivity contribution in [2.75, 3.05) is 31.5 Å². The van der Waals surface area contributed by atoms with Crippen LogP contribution in [0.25, 0.3) is 16.9 Å². The van der Waals surface area contributed by atoms with Crippen molar-refractivity contribution in [3.8, 4) is 11.3 Å². The van der Waals surface area contributed by atoms with Crippen molar-refractivity contribution in [1.29, 1.82) is 0 Å². The quantitative estimate of drug-likeness (QED) is 0.284. The first-order chi connectivity index (χ1) is 18.6. The SMILES string of the molecule is CC(NC(=O)c1ccc(Nc2nccn3c(-c4cn[nH]c4C(F)(F)F)cnc23)cc1Cl)C(=O)N1CCNCC1. The normalized spacial score (nSPS) is 14.8. The molecule has 0 saturated carbocycles. The van der Waals surface area contributed by atoms with Gasteiger partial charge >= 0.3 is 6.18 Å². The average Bonchev–Trinajstić information content (AvgIpc) is 3.56. The number of hydrogen-bond acceptors (Lipinski definition) is 7. The number of carbonyl (C=O) groups excluding carboxylic acids is 2. The molecule has 0 radical (unpaired) electrons. The number of aromatic amines is 1. The highest BCUT2D eigenvalue weighted by molar-refractivity contribution is 6.34. The second-order valence-corrected chi connectivity index (χ2v) is 9.27. The molecule has 15 heteroatoms. The number of amides is 2. The molecule has 0 bridgehead atoms. The molecule has 4 heterocycles. The third-order valence-electron chi connectivity index (χ3n) is 6.25. The van der Waals surface area contributed by atoms with Crippen LogP contribution in [0.2, 0.25) is 5.02 Å². The molecule has 0 aliphatic carbocycles. The first kappa shape index (κ1) is 26.4. The first-order valence-corrected chi connectivity index (χ1v) is 12.3. The zero-order valence-electron chi connectivity index (χ0n) is 20.5. The summed E-state index contributed by atoms with van der Waals surface area (Å²) in [6, 6.07) is 3.87. The van der Waals surface area contributed by atoms with E-state index >= 15 is 0 Å². The standard InChI is InChI=1S/C24H23ClF3N9O2/c1-13(23(39)36-7-4-29-5-8-36)33-22(38)15-3-2-14(10-17(15)25)34-20-21-31-12-18(37(21)9-6-30-20)16-11-32-35-19(16)24(26,27)28/h2-3,6,9-13,29H,4-5,7-8H2,1H3,(H,30,34)(H,32,35)(H,33,38). The summed E-state index contributed by atoms with van der Waals surface area (Å²) in [6.07, 6.45) is 0.658. The number of fused-ring (bicyclic) bond motifs is 1. The Morgan fingerprint density at radius 2 is 1.92 bits per heavy atom. The Balaban J connectivity index is 1.33. The summed E-state index contributed by atoms with van der Waals surface area (Å²) >= 11 is 6.39. The van der Waals surface area contributed by atoms with Crippen molar-refractivity contribution in [3.05, 3.63) is 59.3 Å². The second kappa shape index (κ2) is 10.5. The molecule has 4 N–H and O–H groups in total. The van der Waals surface area contributed by atoms with Crippen LogP contribution in [-0.2, 0) is 11.0 Å². The minimum absolute atomic E-state index is 0.128. The number of imidazole rings is 1. The molecule has 0 spiro atoms. The van der Waals surface area contributed by atoms with E-state index in [0.717, 1.165) is 6.20 Å². The Labute approximate surface area is 224 Å². The number of piperazine rings is 1. The molecular formula is C24H23ClF3N9O2. The van der Waals surface area contributed by atoms with Crippen LogP contribution in [0.4, 0.5) is 24.7 Å². The second-order valence-electron chi connectivity index (χ2n) is 8.86. The molecule has 1 aliphatic rings. The van der Waals surface area contributed by atoms with Crippen LogP contribution in [0.3, 0.4) is 0 Å². The fourth-order valence-electron chi connectivity index (χ4n) is 4.31. The van der Waals surface area contributed by atoms with Crippen molar-refractivity contribution in [1.82, 2.24) is 40.1 Å². The van der Waals surface area contributed by atoms with Crippen LogP contribution in [0, 0.1) is 0 Å². The lowest BCUT2D eigenvalue weighted by Gasteiger charge is -2.30. The highest BCUT2D eigenvalue weighted by atomic mass is 35.5. The third kappa shape index (κ3) is 5.38. The number of rotatable bonds is 6. The molecule has 4 aromatic rings. The highest BCUT2D eigenvalue weighted by Crippen LogP contribution is 2.36. The van der Waals surface area contributed by atoms with Gasteiger partial charge in [0.15, 0.2) is 11.5 Å². The molecule has 2 amide bonds. The van der Waals surface area contributed by atoms with E-state index in [-0.39, 0.29) is 39.2 Å². The molecule has 1 aromatic carbocycles. The lowest BCUT2D eigenvalue weighted by atomic mass is 10.1. The molecule has 1 fully saturated rings. The summed E-state index contributed by atoms with van der Waals surface area (Å²) in [7, 11) is 0. The lowest BCUT2D eigenvalue weighted by Crippen LogP contribution is -2.53. The number of benzene rings is 1. The summed E-state index contributed by atoms with van der Waals surface area (Å²) < 4.78 is 41.6. The summed E-state index contributed by atoms with van der Waals surface area (Å²) in [5.74, 6) is -0.416. The Hall–Kier alpha value is -4.17. The van der Waals surface area contributed by atoms with E-state index in [0.29, 0.717) is 31.9 Å². The number of carbonyl (C=O) groups is 2. The van der Waals surface area contributed by atoms with Gasteiger partial charge < -0.3 is 20.9 Å². The third-order valence-corrected chi connectivity index (χ3v) is 6.56. The van der Waals surface area contributed by atoms with Crippen molar-refractivity contribution in [3.63, 3.8) is 0 Å². The van der Waals surface area contributed by atoms with Crippen molar-refractivity contribution in [2.24, 2.45) is 0 Å². The predicted octanol–water partition coefficient (Wildman–Crippen LogP) is 3.09. The topological polar surface area (TPSA) is 132 Å². The zero-order valence-corrected chi connectivity index (χ0v) is 21.3. The number of nitrogens with zero attached hydrogens (tertiary/aromatic N) is 5. The van der Waals surface area contributed by atoms with Gasteiger partial charge in [0.25, 0.3) is 5.91 Å². The van der Waals surface area contributed by atoms with Gasteiger partial charge in [-0.3, -0.25) is 19.1 Å². The van der Waals surface area contributed by atoms with Crippen molar-refractivity contribution in [2.45, 2.75) is 19.1 Å². The Morgan fingerprint density at radius 3 is 2.64 bits per heavy atom. The van der Waals surface area contributed by atoms with E-state index in [1.807, 2.05) is 5.10 Å². The summed E-state index contributed by atoms with van der Waals surface area (Å²) in [5.41, 5.74) is -0.0662. The van der Waals surface area contributed by atoms with E-state index in [1.54, 1.807) is 17.9 Å². The van der Waals surface area contributed by atoms with Gasteiger partial charge in [0.1, 0.15) is 11.7 Å². The maximum absolute atomic E-state index is 13.4. The number of halogens is 4. The van der Waals surface area contributed by atoms with Crippen LogP contribution in [0.1, 0.15) is 23.0 Å². The Morgan fingerprint density at radius 1 is 1.15 bits per heavy atom. The smallest absolute Gasteiger partial charge is 0.340 e. The van der Waals surface area contributed by atoms with Gasteiger partial charge in [0.2, 0.25) is 5.91 Å². The van der Waals surface area contributed by atoms with E-state index in [2.05, 4.69) is 31.0 Å². The molecule has 39 heavy (non-hydrogen) atoms. The fraction of sp³-hybridized carbons (Fsp3) is 0.292. The lowest BCUT2D eigenvalue weighted by molar-refractivity contribution is -0.140. The van der Waals surface area contributed by atoms with Crippen LogP contribution in [0.5, 0.6) is 0 Å². The number of hydrogen-bond donors (Lipinski definition) is 4. The van der Waals surface area contributed by atoms with Gasteiger partial charge in [-0.05, 0) is 25.1 Å². The van der Waals surface area contributed by atoms with Gasteiger partial charge in [-0.25, -0.2) is 9.97 Å².